The van der Waals surface area contributed by atoms with Crippen molar-refractivity contribution in [3.05, 3.63) is 0 Å². The van der Waals surface area contributed by atoms with Gasteiger partial charge in [0.2, 0.25) is 0 Å². The Labute approximate surface area is 47.7 Å². The lowest BCUT2D eigenvalue weighted by Crippen LogP contribution is -2.31. The molecule has 0 unspecified atom stereocenters. The molecule has 0 saturated heterocycles. The first kappa shape index (κ1) is 6.65. The summed E-state index contributed by atoms with van der Waals surface area (Å²) in [6.45, 7) is 2.19. The molecule has 3 N–H and O–H groups in total. The maximum Gasteiger partial charge on any atom is 0.190 e. The number of nitrogens with zero attached hydrogens (tertiary/aromatic N) is 1. The Balaban J connectivity index is 3.34. The lowest BCUT2D eigenvalue weighted by molar-refractivity contribution is -0.00754. The first-order chi connectivity index (χ1) is 3.18. The van der Waals surface area contributed by atoms with E-state index in [1.54, 1.807) is 6.92 Å². The molecule has 0 saturated carbocycles. The van der Waals surface area contributed by atoms with Gasteiger partial charge in [-0.25, -0.2) is 5.06 Å². The monoisotopic (exact) mass is 120 g/mol. The summed E-state index contributed by atoms with van der Waals surface area (Å²) >= 11 is 4.37. The summed E-state index contributed by atoms with van der Waals surface area (Å²) in [6.07, 6.45) is 0. The number of hydrogen-bond donors (Lipinski definition) is 2. The molecule has 0 spiro atoms. The topological polar surface area (TPSA) is 49.5 Å². The zero-order chi connectivity index (χ0) is 5.86. The molecule has 0 radical (unpaired) electrons. The van der Waals surface area contributed by atoms with Gasteiger partial charge < -0.3 is 5.73 Å². The molecular formula is C3H8N2OS. The van der Waals surface area contributed by atoms with Crippen molar-refractivity contribution in [3.8, 4) is 0 Å². The van der Waals surface area contributed by atoms with Crippen molar-refractivity contribution in [3.63, 3.8) is 0 Å². The summed E-state index contributed by atoms with van der Waals surface area (Å²) in [4.78, 5) is 0. The van der Waals surface area contributed by atoms with Crippen LogP contribution >= 0.6 is 12.2 Å². The number of thiocarbonyl (C=S) groups is 1. The maximum absolute atomic E-state index is 8.50. The molecule has 7 heavy (non-hydrogen) atoms. The van der Waals surface area contributed by atoms with Crippen molar-refractivity contribution in [1.29, 1.82) is 0 Å². The fourth-order valence-corrected chi connectivity index (χ4v) is 0.285. The van der Waals surface area contributed by atoms with Gasteiger partial charge in [0, 0.05) is 6.54 Å². The number of hydrogen-bond acceptors (Lipinski definition) is 2. The summed E-state index contributed by atoms with van der Waals surface area (Å²) in [5.41, 5.74) is 4.95. The molecule has 0 aliphatic carbocycles. The first-order valence-electron chi connectivity index (χ1n) is 1.94. The normalized spacial score (nSPS) is 8.29. The minimum Gasteiger partial charge on any atom is -0.374 e. The maximum atomic E-state index is 8.50. The molecule has 0 amide bonds. The van der Waals surface area contributed by atoms with Crippen molar-refractivity contribution in [2.75, 3.05) is 6.54 Å². The van der Waals surface area contributed by atoms with E-state index in [1.165, 1.54) is 0 Å². The SMILES string of the molecule is CCN(O)C(N)=S. The van der Waals surface area contributed by atoms with Crippen LogP contribution in [0.4, 0.5) is 0 Å². The Morgan fingerprint density at radius 3 is 2.43 bits per heavy atom. The molecule has 3 nitrogen and oxygen atoms in total. The summed E-state index contributed by atoms with van der Waals surface area (Å²) in [7, 11) is 0. The van der Waals surface area contributed by atoms with Crippen LogP contribution in [-0.4, -0.2) is 21.9 Å². The Morgan fingerprint density at radius 2 is 2.43 bits per heavy atom. The second-order valence-corrected chi connectivity index (χ2v) is 1.47. The highest BCUT2D eigenvalue weighted by Gasteiger charge is 1.92. The van der Waals surface area contributed by atoms with E-state index in [0.717, 1.165) is 5.06 Å². The average Bonchev–Trinajstić information content (AvgIpc) is 1.65. The van der Waals surface area contributed by atoms with Crippen LogP contribution in [0, 0.1) is 0 Å². The van der Waals surface area contributed by atoms with Crippen LogP contribution in [0.1, 0.15) is 6.92 Å². The van der Waals surface area contributed by atoms with E-state index < -0.39 is 0 Å². The third-order valence-corrected chi connectivity index (χ3v) is 0.765. The Kier molecular flexibility index (Phi) is 2.62. The van der Waals surface area contributed by atoms with Crippen LogP contribution in [0.5, 0.6) is 0 Å². The lowest BCUT2D eigenvalue weighted by Gasteiger charge is -2.09. The summed E-state index contributed by atoms with van der Waals surface area (Å²) in [5.74, 6) is 0. The molecule has 0 fully saturated rings. The molecule has 0 atom stereocenters. The standard InChI is InChI=1S/C3H8N2OS/c1-2-5(6)3(4)7/h6H,2H2,1H3,(H2,4,7). The second-order valence-electron chi connectivity index (χ2n) is 1.05. The smallest absolute Gasteiger partial charge is 0.190 e. The fraction of sp³-hybridized carbons (Fsp3) is 0.667. The molecule has 0 rings (SSSR count). The van der Waals surface area contributed by atoms with E-state index >= 15 is 0 Å². The third kappa shape index (κ3) is 2.36. The van der Waals surface area contributed by atoms with Crippen molar-refractivity contribution in [2.45, 2.75) is 6.92 Å². The lowest BCUT2D eigenvalue weighted by atomic mass is 10.7. The first-order valence-corrected chi connectivity index (χ1v) is 2.35. The highest BCUT2D eigenvalue weighted by atomic mass is 32.1. The molecule has 0 aliphatic rings. The van der Waals surface area contributed by atoms with Gasteiger partial charge in [0.05, 0.1) is 0 Å². The summed E-state index contributed by atoms with van der Waals surface area (Å²) in [5, 5.41) is 9.32. The molecule has 4 heteroatoms. The molecule has 0 aromatic rings. The van der Waals surface area contributed by atoms with Crippen molar-refractivity contribution in [2.24, 2.45) is 5.73 Å². The van der Waals surface area contributed by atoms with E-state index in [-0.39, 0.29) is 5.11 Å². The second kappa shape index (κ2) is 2.76. The van der Waals surface area contributed by atoms with Gasteiger partial charge in [-0.1, -0.05) is 0 Å². The molecule has 0 aromatic heterocycles. The Morgan fingerprint density at radius 1 is 2.00 bits per heavy atom. The third-order valence-electron chi connectivity index (χ3n) is 0.554. The molecule has 0 aromatic carbocycles. The summed E-state index contributed by atoms with van der Waals surface area (Å²) in [6, 6.07) is 0. The van der Waals surface area contributed by atoms with E-state index in [1.807, 2.05) is 0 Å². The Bertz CT molecular complexity index is 75.3. The van der Waals surface area contributed by atoms with Crippen LogP contribution in [0.2, 0.25) is 0 Å². The molecule has 42 valence electrons. The predicted octanol–water partition coefficient (Wildman–Crippen LogP) is -0.0589. The minimum atomic E-state index is 0.0162. The number of rotatable bonds is 1. The van der Waals surface area contributed by atoms with Gasteiger partial charge in [-0.15, -0.1) is 0 Å². The molecule has 0 bridgehead atoms. The van der Waals surface area contributed by atoms with Crippen molar-refractivity contribution >= 4 is 17.3 Å². The van der Waals surface area contributed by atoms with Crippen LogP contribution in [0.15, 0.2) is 0 Å². The van der Waals surface area contributed by atoms with Crippen molar-refractivity contribution in [1.82, 2.24) is 5.06 Å². The zero-order valence-electron chi connectivity index (χ0n) is 4.09. The highest BCUT2D eigenvalue weighted by molar-refractivity contribution is 7.80. The minimum absolute atomic E-state index is 0.0162. The molecular weight excluding hydrogens is 112 g/mol. The van der Waals surface area contributed by atoms with E-state index in [9.17, 15) is 0 Å². The largest absolute Gasteiger partial charge is 0.374 e. The fourth-order valence-electron chi connectivity index (χ4n) is 0.156. The van der Waals surface area contributed by atoms with Crippen LogP contribution in [-0.2, 0) is 0 Å². The Hall–Kier alpha value is -0.350. The van der Waals surface area contributed by atoms with E-state index in [4.69, 9.17) is 10.9 Å². The number of nitrogens with two attached hydrogens (primary N) is 1. The van der Waals surface area contributed by atoms with Crippen LogP contribution in [0.25, 0.3) is 0 Å². The van der Waals surface area contributed by atoms with Gasteiger partial charge in [-0.3, -0.25) is 5.21 Å². The quantitative estimate of drug-likeness (QED) is 0.376. The zero-order valence-corrected chi connectivity index (χ0v) is 4.90. The molecule has 0 aliphatic heterocycles. The van der Waals surface area contributed by atoms with Crippen LogP contribution < -0.4 is 5.73 Å². The predicted molar refractivity (Wildman–Crippen MR) is 31.0 cm³/mol. The summed E-state index contributed by atoms with van der Waals surface area (Å²) < 4.78 is 0. The number of hydroxylamine groups is 2. The van der Waals surface area contributed by atoms with Crippen molar-refractivity contribution < 1.29 is 5.21 Å². The van der Waals surface area contributed by atoms with Crippen LogP contribution in [0.3, 0.4) is 0 Å². The van der Waals surface area contributed by atoms with E-state index in [0.29, 0.717) is 6.54 Å². The van der Waals surface area contributed by atoms with E-state index in [2.05, 4.69) is 12.2 Å². The highest BCUT2D eigenvalue weighted by Crippen LogP contribution is 1.75. The molecule has 0 heterocycles. The van der Waals surface area contributed by atoms with Gasteiger partial charge in [-0.2, -0.15) is 0 Å². The average molecular weight is 120 g/mol. The van der Waals surface area contributed by atoms with Gasteiger partial charge in [0.25, 0.3) is 0 Å². The van der Waals surface area contributed by atoms with Gasteiger partial charge in [-0.05, 0) is 19.1 Å². The van der Waals surface area contributed by atoms with Gasteiger partial charge in [0.1, 0.15) is 0 Å². The van der Waals surface area contributed by atoms with Gasteiger partial charge >= 0.3 is 0 Å². The van der Waals surface area contributed by atoms with Gasteiger partial charge in [0.15, 0.2) is 5.11 Å².